The summed E-state index contributed by atoms with van der Waals surface area (Å²) in [6.07, 6.45) is 2.44. The predicted octanol–water partition coefficient (Wildman–Crippen LogP) is 3.04. The highest BCUT2D eigenvalue weighted by atomic mass is 19.3. The molecule has 0 bridgehead atoms. The van der Waals surface area contributed by atoms with Crippen molar-refractivity contribution in [1.82, 2.24) is 29.4 Å². The number of imidazole rings is 1. The molecule has 2 N–H and O–H groups in total. The van der Waals surface area contributed by atoms with Gasteiger partial charge in [0.15, 0.2) is 0 Å². The number of piperidine rings is 1. The van der Waals surface area contributed by atoms with Crippen molar-refractivity contribution in [2.75, 3.05) is 20.1 Å². The first-order valence-corrected chi connectivity index (χ1v) is 14.3. The van der Waals surface area contributed by atoms with Crippen LogP contribution >= 0.6 is 0 Å². The van der Waals surface area contributed by atoms with Gasteiger partial charge < -0.3 is 15.3 Å². The van der Waals surface area contributed by atoms with Gasteiger partial charge in [-0.05, 0) is 55.5 Å². The molecule has 1 aliphatic carbocycles. The zero-order valence-electron chi connectivity index (χ0n) is 23.4. The number of nitrogens with one attached hydrogen (secondary N) is 1. The van der Waals surface area contributed by atoms with Crippen molar-refractivity contribution in [2.24, 2.45) is 0 Å². The van der Waals surface area contributed by atoms with E-state index in [1.54, 1.807) is 36.5 Å². The Hall–Kier alpha value is -3.96. The molecule has 1 saturated heterocycles. The van der Waals surface area contributed by atoms with Crippen LogP contribution in [0.25, 0.3) is 16.9 Å². The summed E-state index contributed by atoms with van der Waals surface area (Å²) in [5, 5.41) is 19.1. The van der Waals surface area contributed by atoms with Crippen LogP contribution in [0, 0.1) is 0 Å². The molecule has 2 aromatic heterocycles. The molecule has 220 valence electrons. The number of fused-ring (bicyclic) bond motifs is 2. The molecule has 2 aromatic carbocycles. The highest BCUT2D eigenvalue weighted by Crippen LogP contribution is 2.31. The van der Waals surface area contributed by atoms with Crippen LogP contribution in [0.15, 0.2) is 65.8 Å². The van der Waals surface area contributed by atoms with Gasteiger partial charge in [0.1, 0.15) is 6.33 Å². The number of benzene rings is 2. The van der Waals surface area contributed by atoms with Gasteiger partial charge in [-0.3, -0.25) is 14.2 Å². The van der Waals surface area contributed by atoms with E-state index in [-0.39, 0.29) is 56.0 Å². The van der Waals surface area contributed by atoms with Gasteiger partial charge in [-0.25, -0.2) is 18.3 Å². The molecular weight excluding hydrogens is 542 g/mol. The normalized spacial score (nSPS) is 18.9. The molecule has 6 rings (SSSR count). The Labute approximate surface area is 241 Å². The van der Waals surface area contributed by atoms with E-state index in [2.05, 4.69) is 27.5 Å². The molecule has 1 amide bonds. The lowest BCUT2D eigenvalue weighted by molar-refractivity contribution is -0.137. The molecule has 11 heteroatoms. The Kier molecular flexibility index (Phi) is 7.63. The summed E-state index contributed by atoms with van der Waals surface area (Å²) < 4.78 is 30.4. The van der Waals surface area contributed by atoms with Gasteiger partial charge in [-0.15, -0.1) is 0 Å². The van der Waals surface area contributed by atoms with Crippen LogP contribution in [0.4, 0.5) is 8.78 Å². The SMILES string of the molecule is CNC1Cc2ccc(-c3cnc4c(=O)n(CC5(O)CCN(C(=O)CC(c6ccccc6)C(F)F)CC5)cnn34)cc2C1. The second-order valence-electron chi connectivity index (χ2n) is 11.5. The summed E-state index contributed by atoms with van der Waals surface area (Å²) in [5.41, 5.74) is 3.20. The largest absolute Gasteiger partial charge is 0.388 e. The summed E-state index contributed by atoms with van der Waals surface area (Å²) in [6.45, 7) is 0.420. The standard InChI is InChI=1S/C31H34F2N6O3/c1-34-24-14-21-7-8-22(13-23(21)15-24)26-17-35-29-30(41)38(19-36-39(26)29)18-31(42)9-11-37(12-10-31)27(40)16-25(28(32)33)20-5-3-2-4-6-20/h2-8,13,17,19,24-25,28,34,42H,9-12,14-16,18H2,1H3. The van der Waals surface area contributed by atoms with Crippen molar-refractivity contribution >= 4 is 11.6 Å². The summed E-state index contributed by atoms with van der Waals surface area (Å²) in [4.78, 5) is 32.1. The van der Waals surface area contributed by atoms with Gasteiger partial charge >= 0.3 is 0 Å². The third-order valence-electron chi connectivity index (χ3n) is 8.78. The monoisotopic (exact) mass is 576 g/mol. The third kappa shape index (κ3) is 5.46. The van der Waals surface area contributed by atoms with E-state index < -0.39 is 17.9 Å². The highest BCUT2D eigenvalue weighted by molar-refractivity contribution is 5.77. The molecule has 2 atom stereocenters. The van der Waals surface area contributed by atoms with Crippen molar-refractivity contribution < 1.29 is 18.7 Å². The number of carbonyl (C=O) groups excluding carboxylic acids is 1. The maximum atomic E-state index is 13.7. The Morgan fingerprint density at radius 3 is 2.57 bits per heavy atom. The number of aliphatic hydroxyl groups is 1. The predicted molar refractivity (Wildman–Crippen MR) is 154 cm³/mol. The van der Waals surface area contributed by atoms with Gasteiger partial charge in [0.25, 0.3) is 5.56 Å². The molecule has 1 aliphatic heterocycles. The number of alkyl halides is 2. The van der Waals surface area contributed by atoms with Crippen LogP contribution in [0.2, 0.25) is 0 Å². The van der Waals surface area contributed by atoms with Crippen molar-refractivity contribution in [3.63, 3.8) is 0 Å². The number of rotatable bonds is 8. The molecule has 4 aromatic rings. The smallest absolute Gasteiger partial charge is 0.296 e. The second-order valence-corrected chi connectivity index (χ2v) is 11.5. The summed E-state index contributed by atoms with van der Waals surface area (Å²) in [7, 11) is 1.97. The molecule has 2 unspecified atom stereocenters. The van der Waals surface area contributed by atoms with Gasteiger partial charge in [0, 0.05) is 31.1 Å². The van der Waals surface area contributed by atoms with Gasteiger partial charge in [-0.1, -0.05) is 42.5 Å². The molecule has 9 nitrogen and oxygen atoms in total. The van der Waals surface area contributed by atoms with E-state index in [1.807, 2.05) is 13.1 Å². The molecule has 2 aliphatic rings. The number of carbonyl (C=O) groups is 1. The zero-order valence-corrected chi connectivity index (χ0v) is 23.4. The lowest BCUT2D eigenvalue weighted by atomic mass is 9.90. The Balaban J connectivity index is 1.13. The zero-order chi connectivity index (χ0) is 29.4. The van der Waals surface area contributed by atoms with Crippen LogP contribution in [0.1, 0.15) is 41.9 Å². The molecule has 1 fully saturated rings. The maximum absolute atomic E-state index is 13.7. The van der Waals surface area contributed by atoms with E-state index in [0.717, 1.165) is 18.4 Å². The fraction of sp³-hybridized carbons (Fsp3) is 0.419. The number of hydrogen-bond donors (Lipinski definition) is 2. The Morgan fingerprint density at radius 1 is 1.12 bits per heavy atom. The number of halogens is 2. The summed E-state index contributed by atoms with van der Waals surface area (Å²) >= 11 is 0. The number of aromatic nitrogens is 4. The van der Waals surface area contributed by atoms with E-state index in [0.29, 0.717) is 17.3 Å². The molecular formula is C31H34F2N6O3. The number of amides is 1. The minimum atomic E-state index is -2.66. The first kappa shape index (κ1) is 28.2. The van der Waals surface area contributed by atoms with Crippen molar-refractivity contribution in [3.8, 4) is 11.3 Å². The Bertz CT molecular complexity index is 1650. The average Bonchev–Trinajstić information content (AvgIpc) is 3.62. The number of likely N-dealkylation sites (tertiary alicyclic amines) is 1. The van der Waals surface area contributed by atoms with Crippen LogP contribution in [0.3, 0.4) is 0 Å². The topological polar surface area (TPSA) is 105 Å². The van der Waals surface area contributed by atoms with Crippen LogP contribution in [0.5, 0.6) is 0 Å². The van der Waals surface area contributed by atoms with Crippen molar-refractivity contribution in [2.45, 2.75) is 62.6 Å². The van der Waals surface area contributed by atoms with E-state index in [1.165, 1.54) is 31.4 Å². The molecule has 0 spiro atoms. The summed E-state index contributed by atoms with van der Waals surface area (Å²) in [6, 6.07) is 15.0. The van der Waals surface area contributed by atoms with E-state index in [4.69, 9.17) is 0 Å². The number of nitrogens with zero attached hydrogens (tertiary/aromatic N) is 5. The molecule has 0 saturated carbocycles. The summed E-state index contributed by atoms with van der Waals surface area (Å²) in [5.74, 6) is -1.55. The Morgan fingerprint density at radius 2 is 1.86 bits per heavy atom. The maximum Gasteiger partial charge on any atom is 0.296 e. The number of likely N-dealkylation sites (N-methyl/N-ethyl adjacent to an activating group) is 1. The molecule has 0 radical (unpaired) electrons. The van der Waals surface area contributed by atoms with Gasteiger partial charge in [-0.2, -0.15) is 5.10 Å². The van der Waals surface area contributed by atoms with E-state index in [9.17, 15) is 23.5 Å². The molecule has 3 heterocycles. The first-order chi connectivity index (χ1) is 20.2. The second kappa shape index (κ2) is 11.4. The van der Waals surface area contributed by atoms with Gasteiger partial charge in [0.05, 0.1) is 30.0 Å². The van der Waals surface area contributed by atoms with Crippen LogP contribution in [-0.4, -0.2) is 73.3 Å². The fourth-order valence-corrected chi connectivity index (χ4v) is 6.21. The van der Waals surface area contributed by atoms with Crippen LogP contribution < -0.4 is 10.9 Å². The first-order valence-electron chi connectivity index (χ1n) is 14.3. The minimum absolute atomic E-state index is 0.00647. The van der Waals surface area contributed by atoms with Crippen molar-refractivity contribution in [3.05, 3.63) is 88.1 Å². The van der Waals surface area contributed by atoms with E-state index >= 15 is 0 Å². The average molecular weight is 577 g/mol. The minimum Gasteiger partial charge on any atom is -0.388 e. The van der Waals surface area contributed by atoms with Crippen LogP contribution in [-0.2, 0) is 24.2 Å². The van der Waals surface area contributed by atoms with Crippen molar-refractivity contribution in [1.29, 1.82) is 0 Å². The lowest BCUT2D eigenvalue weighted by Crippen LogP contribution is -2.50. The quantitative estimate of drug-likeness (QED) is 0.334. The number of hydrogen-bond acceptors (Lipinski definition) is 6. The fourth-order valence-electron chi connectivity index (χ4n) is 6.21. The lowest BCUT2D eigenvalue weighted by Gasteiger charge is -2.38. The third-order valence-corrected chi connectivity index (χ3v) is 8.78. The molecule has 42 heavy (non-hydrogen) atoms. The van der Waals surface area contributed by atoms with Gasteiger partial charge in [0.2, 0.25) is 18.0 Å². The highest BCUT2D eigenvalue weighted by Gasteiger charge is 2.36.